The first kappa shape index (κ1) is 19.0. The predicted molar refractivity (Wildman–Crippen MR) is 96.6 cm³/mol. The molecule has 1 N–H and O–H groups in total. The Morgan fingerprint density at radius 2 is 2.16 bits per heavy atom. The SMILES string of the molecule is CC(C)COc1ccc(NC(=O)N2CCC[C@H](C(=O)N(C)C)C2)cn1. The summed E-state index contributed by atoms with van der Waals surface area (Å²) < 4.78 is 5.53. The maximum Gasteiger partial charge on any atom is 0.321 e. The van der Waals surface area contributed by atoms with Gasteiger partial charge in [-0.25, -0.2) is 9.78 Å². The summed E-state index contributed by atoms with van der Waals surface area (Å²) in [5.74, 6) is 0.921. The first-order chi connectivity index (χ1) is 11.9. The van der Waals surface area contributed by atoms with Crippen LogP contribution in [-0.4, -0.2) is 60.5 Å². The molecule has 0 saturated carbocycles. The number of pyridine rings is 1. The molecule has 1 atom stereocenters. The van der Waals surface area contributed by atoms with Crippen molar-refractivity contribution in [2.45, 2.75) is 26.7 Å². The molecule has 0 radical (unpaired) electrons. The highest BCUT2D eigenvalue weighted by Gasteiger charge is 2.29. The quantitative estimate of drug-likeness (QED) is 0.887. The molecule has 25 heavy (non-hydrogen) atoms. The molecule has 0 aromatic carbocycles. The predicted octanol–water partition coefficient (Wildman–Crippen LogP) is 2.45. The molecule has 0 spiro atoms. The highest BCUT2D eigenvalue weighted by molar-refractivity contribution is 5.90. The minimum atomic E-state index is -0.200. The van der Waals surface area contributed by atoms with Gasteiger partial charge in [0.2, 0.25) is 11.8 Å². The summed E-state index contributed by atoms with van der Waals surface area (Å²) in [4.78, 5) is 32.0. The maximum absolute atomic E-state index is 12.4. The van der Waals surface area contributed by atoms with E-state index in [2.05, 4.69) is 24.1 Å². The number of carbonyl (C=O) groups excluding carboxylic acids is 2. The number of anilines is 1. The fourth-order valence-electron chi connectivity index (χ4n) is 2.72. The van der Waals surface area contributed by atoms with Crippen LogP contribution in [0.4, 0.5) is 10.5 Å². The summed E-state index contributed by atoms with van der Waals surface area (Å²) in [6, 6.07) is 3.31. The Morgan fingerprint density at radius 1 is 1.40 bits per heavy atom. The number of urea groups is 1. The first-order valence-electron chi connectivity index (χ1n) is 8.72. The normalized spacial score (nSPS) is 17.3. The van der Waals surface area contributed by atoms with Gasteiger partial charge in [-0.15, -0.1) is 0 Å². The zero-order valence-electron chi connectivity index (χ0n) is 15.5. The van der Waals surface area contributed by atoms with Gasteiger partial charge in [0.05, 0.1) is 24.4 Å². The third kappa shape index (κ3) is 5.62. The topological polar surface area (TPSA) is 74.8 Å². The number of nitrogens with zero attached hydrogens (tertiary/aromatic N) is 3. The molecular formula is C18H28N4O3. The van der Waals surface area contributed by atoms with Crippen molar-refractivity contribution in [2.75, 3.05) is 39.1 Å². The molecule has 1 aromatic rings. The molecule has 1 aromatic heterocycles. The van der Waals surface area contributed by atoms with Crippen LogP contribution in [0.25, 0.3) is 0 Å². The minimum Gasteiger partial charge on any atom is -0.477 e. The number of hydrogen-bond donors (Lipinski definition) is 1. The van der Waals surface area contributed by atoms with Crippen LogP contribution in [0.15, 0.2) is 18.3 Å². The van der Waals surface area contributed by atoms with Gasteiger partial charge in [-0.1, -0.05) is 13.8 Å². The Labute approximate surface area is 149 Å². The molecule has 2 heterocycles. The van der Waals surface area contributed by atoms with Crippen molar-refractivity contribution in [1.82, 2.24) is 14.8 Å². The number of rotatable bonds is 5. The second kappa shape index (κ2) is 8.69. The average molecular weight is 348 g/mol. The Hall–Kier alpha value is -2.31. The molecule has 0 unspecified atom stereocenters. The van der Waals surface area contributed by atoms with E-state index in [9.17, 15) is 9.59 Å². The van der Waals surface area contributed by atoms with Crippen molar-refractivity contribution in [3.8, 4) is 5.88 Å². The molecule has 1 fully saturated rings. The molecule has 138 valence electrons. The molecule has 2 rings (SSSR count). The molecule has 7 heteroatoms. The van der Waals surface area contributed by atoms with Crippen molar-refractivity contribution in [2.24, 2.45) is 11.8 Å². The molecule has 0 aliphatic carbocycles. The zero-order valence-corrected chi connectivity index (χ0v) is 15.5. The van der Waals surface area contributed by atoms with Crippen LogP contribution in [0, 0.1) is 11.8 Å². The molecule has 7 nitrogen and oxygen atoms in total. The standard InChI is InChI=1S/C18H28N4O3/c1-13(2)12-25-16-8-7-15(10-19-16)20-18(24)22-9-5-6-14(11-22)17(23)21(3)4/h7-8,10,13-14H,5-6,9,11-12H2,1-4H3,(H,20,24)/t14-/m0/s1. The monoisotopic (exact) mass is 348 g/mol. The Morgan fingerprint density at radius 3 is 2.76 bits per heavy atom. The number of hydrogen-bond acceptors (Lipinski definition) is 4. The number of amides is 3. The number of likely N-dealkylation sites (tertiary alicyclic amines) is 1. The Kier molecular flexibility index (Phi) is 6.61. The van der Waals surface area contributed by atoms with Crippen LogP contribution in [0.3, 0.4) is 0 Å². The summed E-state index contributed by atoms with van der Waals surface area (Å²) in [5.41, 5.74) is 0.614. The van der Waals surface area contributed by atoms with Gasteiger partial charge in [-0.2, -0.15) is 0 Å². The average Bonchev–Trinajstić information content (AvgIpc) is 2.60. The Balaban J connectivity index is 1.89. The van der Waals surface area contributed by atoms with Crippen LogP contribution >= 0.6 is 0 Å². The van der Waals surface area contributed by atoms with Crippen LogP contribution in [0.1, 0.15) is 26.7 Å². The minimum absolute atomic E-state index is 0.0748. The van der Waals surface area contributed by atoms with E-state index in [4.69, 9.17) is 4.74 Å². The van der Waals surface area contributed by atoms with Crippen LogP contribution < -0.4 is 10.1 Å². The molecule has 0 bridgehead atoms. The number of aromatic nitrogens is 1. The summed E-state index contributed by atoms with van der Waals surface area (Å²) in [6.45, 7) is 5.86. The number of ether oxygens (including phenoxy) is 1. The maximum atomic E-state index is 12.4. The third-order valence-electron chi connectivity index (χ3n) is 4.05. The van der Waals surface area contributed by atoms with Crippen molar-refractivity contribution < 1.29 is 14.3 Å². The summed E-state index contributed by atoms with van der Waals surface area (Å²) >= 11 is 0. The lowest BCUT2D eigenvalue weighted by Gasteiger charge is -2.33. The van der Waals surface area contributed by atoms with E-state index in [0.717, 1.165) is 12.8 Å². The lowest BCUT2D eigenvalue weighted by molar-refractivity contribution is -0.134. The molecule has 1 aliphatic rings. The van der Waals surface area contributed by atoms with Crippen LogP contribution in [0.2, 0.25) is 0 Å². The smallest absolute Gasteiger partial charge is 0.321 e. The van der Waals surface area contributed by atoms with Crippen molar-refractivity contribution in [3.63, 3.8) is 0 Å². The van der Waals surface area contributed by atoms with Crippen LogP contribution in [-0.2, 0) is 4.79 Å². The van der Waals surface area contributed by atoms with Gasteiger partial charge in [-0.05, 0) is 24.8 Å². The zero-order chi connectivity index (χ0) is 18.4. The lowest BCUT2D eigenvalue weighted by atomic mass is 9.97. The van der Waals surface area contributed by atoms with Gasteiger partial charge in [0.15, 0.2) is 0 Å². The van der Waals surface area contributed by atoms with Gasteiger partial charge >= 0.3 is 6.03 Å². The van der Waals surface area contributed by atoms with Gasteiger partial charge in [0.25, 0.3) is 0 Å². The molecular weight excluding hydrogens is 320 g/mol. The van der Waals surface area contributed by atoms with Crippen molar-refractivity contribution >= 4 is 17.6 Å². The van der Waals surface area contributed by atoms with E-state index in [1.807, 2.05) is 0 Å². The van der Waals surface area contributed by atoms with Gasteiger partial charge in [-0.3, -0.25) is 4.79 Å². The van der Waals surface area contributed by atoms with Gasteiger partial charge in [0.1, 0.15) is 0 Å². The highest BCUT2D eigenvalue weighted by Crippen LogP contribution is 2.20. The van der Waals surface area contributed by atoms with Gasteiger partial charge in [0, 0.05) is 33.3 Å². The largest absolute Gasteiger partial charge is 0.477 e. The fraction of sp³-hybridized carbons (Fsp3) is 0.611. The highest BCUT2D eigenvalue weighted by atomic mass is 16.5. The van der Waals surface area contributed by atoms with E-state index in [1.54, 1.807) is 42.2 Å². The summed E-state index contributed by atoms with van der Waals surface area (Å²) in [5, 5.41) is 2.84. The van der Waals surface area contributed by atoms with Crippen molar-refractivity contribution in [1.29, 1.82) is 0 Å². The third-order valence-corrected chi connectivity index (χ3v) is 4.05. The second-order valence-corrected chi connectivity index (χ2v) is 7.04. The summed E-state index contributed by atoms with van der Waals surface area (Å²) in [7, 11) is 3.49. The van der Waals surface area contributed by atoms with E-state index in [0.29, 0.717) is 37.2 Å². The summed E-state index contributed by atoms with van der Waals surface area (Å²) in [6.07, 6.45) is 3.24. The second-order valence-electron chi connectivity index (χ2n) is 7.04. The fourth-order valence-corrected chi connectivity index (χ4v) is 2.72. The van der Waals surface area contributed by atoms with E-state index >= 15 is 0 Å². The first-order valence-corrected chi connectivity index (χ1v) is 8.72. The van der Waals surface area contributed by atoms with E-state index in [-0.39, 0.29) is 17.9 Å². The van der Waals surface area contributed by atoms with Gasteiger partial charge < -0.3 is 19.9 Å². The number of piperidine rings is 1. The van der Waals surface area contributed by atoms with E-state index in [1.165, 1.54) is 0 Å². The number of carbonyl (C=O) groups is 2. The lowest BCUT2D eigenvalue weighted by Crippen LogP contribution is -2.46. The van der Waals surface area contributed by atoms with E-state index < -0.39 is 0 Å². The number of nitrogens with one attached hydrogen (secondary N) is 1. The molecule has 3 amide bonds. The Bertz CT molecular complexity index is 586. The molecule has 1 saturated heterocycles. The molecule has 1 aliphatic heterocycles. The van der Waals surface area contributed by atoms with Crippen molar-refractivity contribution in [3.05, 3.63) is 18.3 Å². The van der Waals surface area contributed by atoms with Crippen LogP contribution in [0.5, 0.6) is 5.88 Å².